The molecule has 0 saturated carbocycles. The maximum atomic E-state index is 14.0. The number of anilines is 1. The summed E-state index contributed by atoms with van der Waals surface area (Å²) < 4.78 is 23.4. The first-order valence-corrected chi connectivity index (χ1v) is 11.8. The Labute approximate surface area is 214 Å². The van der Waals surface area contributed by atoms with E-state index < -0.39 is 45.8 Å². The molecule has 2 heterocycles. The minimum atomic E-state index is -2.02. The predicted molar refractivity (Wildman–Crippen MR) is 134 cm³/mol. The lowest BCUT2D eigenvalue weighted by Crippen LogP contribution is -2.85. The summed E-state index contributed by atoms with van der Waals surface area (Å²) in [6, 6.07) is 11.2. The quantitative estimate of drug-likeness (QED) is 0.259. The van der Waals surface area contributed by atoms with Crippen LogP contribution in [-0.4, -0.2) is 59.5 Å². The minimum absolute atomic E-state index is 0.117. The van der Waals surface area contributed by atoms with Gasteiger partial charge in [-0.15, -0.1) is 0 Å². The molecular weight excluding hydrogens is 482 g/mol. The number of β-lactam (4-membered cyclic amide) rings is 1. The molecule has 0 aromatic heterocycles. The van der Waals surface area contributed by atoms with Crippen molar-refractivity contribution in [1.29, 1.82) is 0 Å². The van der Waals surface area contributed by atoms with E-state index in [0.29, 0.717) is 11.4 Å². The van der Waals surface area contributed by atoms with Crippen molar-refractivity contribution < 1.29 is 33.5 Å². The second kappa shape index (κ2) is 9.31. The lowest BCUT2D eigenvalue weighted by molar-refractivity contribution is -0.384. The highest BCUT2D eigenvalue weighted by Crippen LogP contribution is 2.45. The number of methoxy groups -OCH3 is 1. The van der Waals surface area contributed by atoms with Crippen LogP contribution in [0.15, 0.2) is 48.5 Å². The largest absolute Gasteiger partial charge is 0.497 e. The number of nitrogens with zero attached hydrogens (tertiary/aromatic N) is 2. The predicted octanol–water partition coefficient (Wildman–Crippen LogP) is 3.20. The maximum absolute atomic E-state index is 14.0. The van der Waals surface area contributed by atoms with Crippen LogP contribution in [0.2, 0.25) is 0 Å². The van der Waals surface area contributed by atoms with Gasteiger partial charge in [-0.1, -0.05) is 0 Å². The van der Waals surface area contributed by atoms with Gasteiger partial charge in [-0.3, -0.25) is 24.6 Å². The number of hydrogen-bond acceptors (Lipinski definition) is 8. The molecule has 2 fully saturated rings. The summed E-state index contributed by atoms with van der Waals surface area (Å²) in [5.41, 5.74) is -2.32. The van der Waals surface area contributed by atoms with Gasteiger partial charge in [-0.25, -0.2) is 0 Å². The summed E-state index contributed by atoms with van der Waals surface area (Å²) in [5.74, 6) is -1.45. The molecule has 11 heteroatoms. The minimum Gasteiger partial charge on any atom is -0.497 e. The number of amides is 2. The zero-order chi connectivity index (χ0) is 27.2. The summed E-state index contributed by atoms with van der Waals surface area (Å²) in [5, 5.41) is 14.0. The van der Waals surface area contributed by atoms with Gasteiger partial charge in [0.1, 0.15) is 23.6 Å². The normalized spacial score (nSPS) is 24.8. The van der Waals surface area contributed by atoms with Crippen molar-refractivity contribution in [2.45, 2.75) is 63.7 Å². The van der Waals surface area contributed by atoms with E-state index in [1.165, 1.54) is 36.3 Å². The summed E-state index contributed by atoms with van der Waals surface area (Å²) in [4.78, 5) is 39.9. The molecule has 37 heavy (non-hydrogen) atoms. The molecule has 0 spiro atoms. The van der Waals surface area contributed by atoms with E-state index in [2.05, 4.69) is 5.32 Å². The highest BCUT2D eigenvalue weighted by molar-refractivity contribution is 6.23. The third kappa shape index (κ3) is 4.96. The van der Waals surface area contributed by atoms with Crippen LogP contribution >= 0.6 is 0 Å². The fourth-order valence-corrected chi connectivity index (χ4v) is 4.50. The number of carbonyl (C=O) groups excluding carboxylic acids is 2. The third-order valence-electron chi connectivity index (χ3n) is 6.12. The monoisotopic (exact) mass is 513 g/mol. The number of carbonyl (C=O) groups is 2. The first kappa shape index (κ1) is 26.4. The van der Waals surface area contributed by atoms with E-state index >= 15 is 0 Å². The van der Waals surface area contributed by atoms with Gasteiger partial charge >= 0.3 is 0 Å². The van der Waals surface area contributed by atoms with Crippen LogP contribution in [0.25, 0.3) is 0 Å². The standard InChI is InChI=1S/C26H31N3O8/c1-24(2,3)27-22(30)26(36-19-13-9-17(10-14-19)29(32)33)21(20-15-35-25(4,5)37-20)28(23(26)31)16-7-11-18(34-6)12-8-16/h7-14,20-21H,15H2,1-6H3,(H,27,30)/t20-,21+,26+/m1/s1. The van der Waals surface area contributed by atoms with Gasteiger partial charge < -0.3 is 24.3 Å². The van der Waals surface area contributed by atoms with Crippen molar-refractivity contribution in [1.82, 2.24) is 5.32 Å². The number of nitrogens with one attached hydrogen (secondary N) is 1. The molecular formula is C26H31N3O8. The summed E-state index contributed by atoms with van der Waals surface area (Å²) in [6.07, 6.45) is -0.710. The van der Waals surface area contributed by atoms with Gasteiger partial charge in [0.25, 0.3) is 23.1 Å². The van der Waals surface area contributed by atoms with Gasteiger partial charge in [-0.2, -0.15) is 0 Å². The molecule has 2 saturated heterocycles. The second-order valence-corrected chi connectivity index (χ2v) is 10.5. The third-order valence-corrected chi connectivity index (χ3v) is 6.12. The highest BCUT2D eigenvalue weighted by Gasteiger charge is 2.72. The molecule has 0 bridgehead atoms. The Balaban J connectivity index is 1.81. The van der Waals surface area contributed by atoms with Crippen LogP contribution in [0.1, 0.15) is 34.6 Å². The molecule has 2 amide bonds. The van der Waals surface area contributed by atoms with Crippen LogP contribution in [0, 0.1) is 10.1 Å². The molecule has 4 rings (SSSR count). The second-order valence-electron chi connectivity index (χ2n) is 10.5. The molecule has 0 radical (unpaired) electrons. The summed E-state index contributed by atoms with van der Waals surface area (Å²) >= 11 is 0. The smallest absolute Gasteiger partial charge is 0.287 e. The van der Waals surface area contributed by atoms with E-state index in [4.69, 9.17) is 18.9 Å². The van der Waals surface area contributed by atoms with Crippen LogP contribution in [0.4, 0.5) is 11.4 Å². The van der Waals surface area contributed by atoms with Crippen LogP contribution < -0.4 is 19.7 Å². The zero-order valence-corrected chi connectivity index (χ0v) is 21.6. The molecule has 2 aromatic rings. The van der Waals surface area contributed by atoms with Crippen molar-refractivity contribution in [2.24, 2.45) is 0 Å². The van der Waals surface area contributed by atoms with Crippen molar-refractivity contribution in [2.75, 3.05) is 18.6 Å². The number of nitro groups is 1. The Morgan fingerprint density at radius 1 is 1.11 bits per heavy atom. The number of ether oxygens (including phenoxy) is 4. The number of benzene rings is 2. The molecule has 2 aromatic carbocycles. The van der Waals surface area contributed by atoms with Gasteiger partial charge in [0.15, 0.2) is 5.79 Å². The van der Waals surface area contributed by atoms with Crippen LogP contribution in [-0.2, 0) is 19.1 Å². The van der Waals surface area contributed by atoms with Crippen molar-refractivity contribution in [3.8, 4) is 11.5 Å². The Bertz CT molecular complexity index is 1190. The fraction of sp³-hybridized carbons (Fsp3) is 0.462. The molecule has 3 atom stereocenters. The lowest BCUT2D eigenvalue weighted by atomic mass is 9.76. The number of hydrogen-bond donors (Lipinski definition) is 1. The Kier molecular flexibility index (Phi) is 6.63. The SMILES string of the molecule is COc1ccc(N2C(=O)[C@@](Oc3ccc([N+](=O)[O-])cc3)(C(=O)NC(C)(C)C)[C@@H]2[C@H]2COC(C)(C)O2)cc1. The Hall–Kier alpha value is -3.70. The Morgan fingerprint density at radius 3 is 2.19 bits per heavy atom. The molecule has 1 N–H and O–H groups in total. The maximum Gasteiger partial charge on any atom is 0.287 e. The average molecular weight is 514 g/mol. The molecule has 0 aliphatic carbocycles. The first-order valence-electron chi connectivity index (χ1n) is 11.8. The number of non-ortho nitro benzene ring substituents is 1. The fourth-order valence-electron chi connectivity index (χ4n) is 4.50. The molecule has 0 unspecified atom stereocenters. The van der Waals surface area contributed by atoms with Crippen molar-refractivity contribution in [3.63, 3.8) is 0 Å². The van der Waals surface area contributed by atoms with Gasteiger partial charge in [0, 0.05) is 23.4 Å². The van der Waals surface area contributed by atoms with Gasteiger partial charge in [0.2, 0.25) is 0 Å². The molecule has 2 aliphatic rings. The van der Waals surface area contributed by atoms with Crippen molar-refractivity contribution >= 4 is 23.2 Å². The summed E-state index contributed by atoms with van der Waals surface area (Å²) in [7, 11) is 1.54. The van der Waals surface area contributed by atoms with E-state index in [1.54, 1.807) is 58.9 Å². The molecule has 11 nitrogen and oxygen atoms in total. The average Bonchev–Trinajstić information content (AvgIpc) is 3.18. The highest BCUT2D eigenvalue weighted by atomic mass is 16.7. The van der Waals surface area contributed by atoms with Crippen LogP contribution in [0.3, 0.4) is 0 Å². The van der Waals surface area contributed by atoms with Crippen LogP contribution in [0.5, 0.6) is 11.5 Å². The van der Waals surface area contributed by atoms with Gasteiger partial charge in [0.05, 0.1) is 18.6 Å². The van der Waals surface area contributed by atoms with E-state index in [0.717, 1.165) is 0 Å². The molecule has 198 valence electrons. The van der Waals surface area contributed by atoms with E-state index in [1.807, 2.05) is 0 Å². The number of rotatable bonds is 7. The topological polar surface area (TPSA) is 129 Å². The number of nitro benzene ring substituents is 1. The Morgan fingerprint density at radius 2 is 1.70 bits per heavy atom. The first-order chi connectivity index (χ1) is 17.3. The lowest BCUT2D eigenvalue weighted by Gasteiger charge is -2.55. The van der Waals surface area contributed by atoms with E-state index in [-0.39, 0.29) is 18.0 Å². The zero-order valence-electron chi connectivity index (χ0n) is 21.6. The summed E-state index contributed by atoms with van der Waals surface area (Å²) in [6.45, 7) is 9.00. The van der Waals surface area contributed by atoms with E-state index in [9.17, 15) is 19.7 Å². The molecule has 2 aliphatic heterocycles. The van der Waals surface area contributed by atoms with Gasteiger partial charge in [-0.05, 0) is 71.0 Å². The van der Waals surface area contributed by atoms with Crippen molar-refractivity contribution in [3.05, 3.63) is 58.6 Å².